The summed E-state index contributed by atoms with van der Waals surface area (Å²) in [7, 11) is 0. The Labute approximate surface area is 89.8 Å². The predicted octanol–water partition coefficient (Wildman–Crippen LogP) is 2.76. The van der Waals surface area contributed by atoms with Gasteiger partial charge in [0.05, 0.1) is 0 Å². The molecule has 0 amide bonds. The summed E-state index contributed by atoms with van der Waals surface area (Å²) in [5.74, 6) is 0.161. The zero-order chi connectivity index (χ0) is 10.8. The summed E-state index contributed by atoms with van der Waals surface area (Å²) in [6.45, 7) is 3.75. The summed E-state index contributed by atoms with van der Waals surface area (Å²) < 4.78 is 13.1. The molecule has 1 nitrogen and oxygen atoms in total. The molecule has 2 heteroatoms. The molecular weight excluding hydrogens is 189 g/mol. The second kappa shape index (κ2) is 4.15. The fraction of sp³-hybridized carbons (Fsp3) is 0.385. The Bertz CT molecular complexity index is 373. The summed E-state index contributed by atoms with van der Waals surface area (Å²) >= 11 is 0. The minimum atomic E-state index is -0.151. The Kier molecular flexibility index (Phi) is 2.87. The first-order valence-corrected chi connectivity index (χ1v) is 5.37. The van der Waals surface area contributed by atoms with Gasteiger partial charge < -0.3 is 5.73 Å². The van der Waals surface area contributed by atoms with E-state index in [0.29, 0.717) is 5.92 Å². The highest BCUT2D eigenvalue weighted by Crippen LogP contribution is 2.33. The molecule has 1 aliphatic rings. The summed E-state index contributed by atoms with van der Waals surface area (Å²) in [6, 6.07) is 5.21. The molecule has 0 heterocycles. The standard InChI is InChI=1S/C13H16FN/c1-2-3-12-11-6-5-10(14)8-9(11)4-7-13(12)15/h2,5-6,8,12-13H,1,3-4,7,15H2/t12-,13+/m0/s1. The van der Waals surface area contributed by atoms with Gasteiger partial charge in [0.25, 0.3) is 0 Å². The van der Waals surface area contributed by atoms with Gasteiger partial charge in [0.2, 0.25) is 0 Å². The van der Waals surface area contributed by atoms with Gasteiger partial charge >= 0.3 is 0 Å². The molecule has 0 saturated heterocycles. The van der Waals surface area contributed by atoms with E-state index in [0.717, 1.165) is 24.8 Å². The highest BCUT2D eigenvalue weighted by molar-refractivity contribution is 5.35. The van der Waals surface area contributed by atoms with Gasteiger partial charge in [-0.15, -0.1) is 6.58 Å². The molecule has 80 valence electrons. The molecule has 0 saturated carbocycles. The number of allylic oxidation sites excluding steroid dienone is 1. The average molecular weight is 205 g/mol. The molecule has 0 aromatic heterocycles. The van der Waals surface area contributed by atoms with Crippen LogP contribution in [0.25, 0.3) is 0 Å². The highest BCUT2D eigenvalue weighted by atomic mass is 19.1. The second-order valence-corrected chi connectivity index (χ2v) is 4.18. The number of fused-ring (bicyclic) bond motifs is 1. The molecule has 1 aromatic carbocycles. The van der Waals surface area contributed by atoms with Crippen LogP contribution >= 0.6 is 0 Å². The van der Waals surface area contributed by atoms with Crippen LogP contribution in [0, 0.1) is 5.82 Å². The molecule has 1 aromatic rings. The van der Waals surface area contributed by atoms with Crippen molar-refractivity contribution >= 4 is 0 Å². The van der Waals surface area contributed by atoms with Crippen LogP contribution < -0.4 is 5.73 Å². The molecule has 0 fully saturated rings. The molecule has 2 N–H and O–H groups in total. The van der Waals surface area contributed by atoms with Gasteiger partial charge in [-0.25, -0.2) is 4.39 Å². The van der Waals surface area contributed by atoms with Crippen molar-refractivity contribution in [3.05, 3.63) is 47.8 Å². The van der Waals surface area contributed by atoms with E-state index in [-0.39, 0.29) is 11.9 Å². The molecule has 2 rings (SSSR count). The van der Waals surface area contributed by atoms with E-state index in [2.05, 4.69) is 6.58 Å². The Balaban J connectivity index is 2.38. The summed E-state index contributed by atoms with van der Waals surface area (Å²) in [5.41, 5.74) is 8.39. The molecule has 0 aliphatic heterocycles. The Hall–Kier alpha value is -1.15. The van der Waals surface area contributed by atoms with Crippen molar-refractivity contribution in [1.82, 2.24) is 0 Å². The molecule has 0 unspecified atom stereocenters. The topological polar surface area (TPSA) is 26.0 Å². The maximum atomic E-state index is 13.1. The third kappa shape index (κ3) is 1.95. The van der Waals surface area contributed by atoms with Crippen molar-refractivity contribution in [3.63, 3.8) is 0 Å². The summed E-state index contributed by atoms with van der Waals surface area (Å²) in [4.78, 5) is 0. The van der Waals surface area contributed by atoms with Gasteiger partial charge in [0.1, 0.15) is 5.82 Å². The van der Waals surface area contributed by atoms with Crippen LogP contribution in [0.4, 0.5) is 4.39 Å². The number of hydrogen-bond donors (Lipinski definition) is 1. The van der Waals surface area contributed by atoms with Gasteiger partial charge in [-0.05, 0) is 42.5 Å². The lowest BCUT2D eigenvalue weighted by Crippen LogP contribution is -2.33. The molecule has 0 spiro atoms. The van der Waals surface area contributed by atoms with Crippen LogP contribution in [-0.2, 0) is 6.42 Å². The van der Waals surface area contributed by atoms with Crippen LogP contribution in [0.1, 0.15) is 29.9 Å². The third-order valence-electron chi connectivity index (χ3n) is 3.19. The zero-order valence-corrected chi connectivity index (χ0v) is 8.75. The molecule has 2 atom stereocenters. The maximum absolute atomic E-state index is 13.1. The first-order valence-electron chi connectivity index (χ1n) is 5.37. The Morgan fingerprint density at radius 2 is 2.33 bits per heavy atom. The zero-order valence-electron chi connectivity index (χ0n) is 8.75. The maximum Gasteiger partial charge on any atom is 0.123 e. The molecule has 15 heavy (non-hydrogen) atoms. The van der Waals surface area contributed by atoms with E-state index in [9.17, 15) is 4.39 Å². The molecule has 0 radical (unpaired) electrons. The van der Waals surface area contributed by atoms with Crippen molar-refractivity contribution in [2.45, 2.75) is 31.2 Å². The lowest BCUT2D eigenvalue weighted by Gasteiger charge is -2.30. The van der Waals surface area contributed by atoms with Crippen molar-refractivity contribution in [2.24, 2.45) is 5.73 Å². The van der Waals surface area contributed by atoms with Crippen molar-refractivity contribution in [3.8, 4) is 0 Å². The number of rotatable bonds is 2. The van der Waals surface area contributed by atoms with Crippen molar-refractivity contribution in [1.29, 1.82) is 0 Å². The van der Waals surface area contributed by atoms with Crippen LogP contribution in [0.5, 0.6) is 0 Å². The average Bonchev–Trinajstić information content (AvgIpc) is 2.22. The summed E-state index contributed by atoms with van der Waals surface area (Å²) in [6.07, 6.45) is 4.60. The highest BCUT2D eigenvalue weighted by Gasteiger charge is 2.25. The van der Waals surface area contributed by atoms with Crippen LogP contribution in [0.2, 0.25) is 0 Å². The van der Waals surface area contributed by atoms with Crippen molar-refractivity contribution in [2.75, 3.05) is 0 Å². The van der Waals surface area contributed by atoms with Crippen molar-refractivity contribution < 1.29 is 4.39 Å². The van der Waals surface area contributed by atoms with Gasteiger partial charge in [-0.1, -0.05) is 12.1 Å². The van der Waals surface area contributed by atoms with E-state index >= 15 is 0 Å². The van der Waals surface area contributed by atoms with Crippen LogP contribution in [0.3, 0.4) is 0 Å². The fourth-order valence-corrected chi connectivity index (χ4v) is 2.39. The van der Waals surface area contributed by atoms with E-state index < -0.39 is 0 Å². The first-order chi connectivity index (χ1) is 7.22. The Morgan fingerprint density at radius 1 is 1.53 bits per heavy atom. The monoisotopic (exact) mass is 205 g/mol. The number of nitrogens with two attached hydrogens (primary N) is 1. The van der Waals surface area contributed by atoms with Crippen LogP contribution in [-0.4, -0.2) is 6.04 Å². The van der Waals surface area contributed by atoms with Crippen LogP contribution in [0.15, 0.2) is 30.9 Å². The molecule has 0 bridgehead atoms. The number of halogens is 1. The van der Waals surface area contributed by atoms with Gasteiger partial charge in [-0.2, -0.15) is 0 Å². The van der Waals surface area contributed by atoms with Gasteiger partial charge in [0.15, 0.2) is 0 Å². The number of aryl methyl sites for hydroxylation is 1. The summed E-state index contributed by atoms with van der Waals surface area (Å²) in [5, 5.41) is 0. The van der Waals surface area contributed by atoms with E-state index in [1.54, 1.807) is 6.07 Å². The first kappa shape index (κ1) is 10.4. The van der Waals surface area contributed by atoms with Gasteiger partial charge in [-0.3, -0.25) is 0 Å². The van der Waals surface area contributed by atoms with Gasteiger partial charge in [0, 0.05) is 12.0 Å². The fourth-order valence-electron chi connectivity index (χ4n) is 2.39. The molecule has 1 aliphatic carbocycles. The quantitative estimate of drug-likeness (QED) is 0.738. The van der Waals surface area contributed by atoms with E-state index in [4.69, 9.17) is 5.73 Å². The largest absolute Gasteiger partial charge is 0.327 e. The SMILES string of the molecule is C=CC[C@H]1c2ccc(F)cc2CC[C@H]1N. The predicted molar refractivity (Wildman–Crippen MR) is 60.3 cm³/mol. The third-order valence-corrected chi connectivity index (χ3v) is 3.19. The van der Waals surface area contributed by atoms with E-state index in [1.807, 2.05) is 12.1 Å². The number of benzene rings is 1. The number of hydrogen-bond acceptors (Lipinski definition) is 1. The second-order valence-electron chi connectivity index (χ2n) is 4.18. The lowest BCUT2D eigenvalue weighted by atomic mass is 9.78. The molecular formula is C13H16FN. The van der Waals surface area contributed by atoms with E-state index in [1.165, 1.54) is 11.6 Å². The smallest absolute Gasteiger partial charge is 0.123 e. The minimum absolute atomic E-state index is 0.151. The Morgan fingerprint density at radius 3 is 3.07 bits per heavy atom. The minimum Gasteiger partial charge on any atom is -0.327 e. The lowest BCUT2D eigenvalue weighted by molar-refractivity contribution is 0.470. The normalized spacial score (nSPS) is 24.7.